The lowest BCUT2D eigenvalue weighted by atomic mass is 10.0. The van der Waals surface area contributed by atoms with Gasteiger partial charge in [-0.05, 0) is 118 Å². The zero-order chi connectivity index (χ0) is 29.8. The lowest BCUT2D eigenvalue weighted by molar-refractivity contribution is -0.155. The molecule has 0 radical (unpaired) electrons. The molecule has 0 rings (SSSR count). The quantitative estimate of drug-likeness (QED) is 0.169. The second-order valence-electron chi connectivity index (χ2n) is 15.8. The minimum Gasteiger partial charge on any atom is -0.518 e. The van der Waals surface area contributed by atoms with Gasteiger partial charge in [0.15, 0.2) is 47.7 Å². The summed E-state index contributed by atoms with van der Waals surface area (Å²) < 4.78 is 39.6. The third-order valence-corrected chi connectivity index (χ3v) is 10.0. The first kappa shape index (κ1) is 37.6. The first-order valence-corrected chi connectivity index (χ1v) is 34.0. The Bertz CT molecular complexity index is 710. The summed E-state index contributed by atoms with van der Waals surface area (Å²) in [6.07, 6.45) is -2.48. The highest BCUT2D eigenvalue weighted by Gasteiger charge is 2.48. The first-order chi connectivity index (χ1) is 16.0. The van der Waals surface area contributed by atoms with Crippen LogP contribution in [0.1, 0.15) is 0 Å². The SMILES string of the molecule is C[Si](C)(C)OC[C@H](O[Si](C)(C)C)[C@@H](O[Si](C)(C)C)[C@H](O[Si](C)(C)C)[C@@H](O[Si](C)(C)C)C(=O)O[Si](C)(C)C. The summed E-state index contributed by atoms with van der Waals surface area (Å²) >= 11 is 0. The predicted octanol–water partition coefficient (Wildman–Crippen LogP) is 7.10. The van der Waals surface area contributed by atoms with Crippen LogP contribution in [0.25, 0.3) is 0 Å². The number of hydrogen-bond donors (Lipinski definition) is 0. The van der Waals surface area contributed by atoms with Gasteiger partial charge < -0.3 is 26.6 Å². The highest BCUT2D eigenvalue weighted by molar-refractivity contribution is 6.72. The fraction of sp³-hybridized carbons (Fsp3) is 0.958. The molecule has 0 amide bonds. The van der Waals surface area contributed by atoms with Crippen molar-refractivity contribution in [3.63, 3.8) is 0 Å². The maximum atomic E-state index is 13.8. The van der Waals surface area contributed by atoms with Gasteiger partial charge in [0.2, 0.25) is 8.32 Å². The minimum absolute atomic E-state index is 0.355. The van der Waals surface area contributed by atoms with E-state index < -0.39 is 68.2 Å². The average molecular weight is 629 g/mol. The number of carbonyl (C=O) groups is 1. The lowest BCUT2D eigenvalue weighted by Gasteiger charge is -2.45. The zero-order valence-corrected chi connectivity index (χ0v) is 33.4. The average Bonchev–Trinajstić information content (AvgIpc) is 2.54. The standard InChI is InChI=1S/C24H60O7Si6/c1-32(2,3)26-19-20(27-33(4,5)6)21(28-34(7,8)9)22(29-35(10,11)12)23(30-36(13,14)15)24(25)31-37(16,17)18/h20-23H,19H2,1-18H3/t20-,21+,22-,23+/m0/s1. The van der Waals surface area contributed by atoms with Gasteiger partial charge in [0, 0.05) is 0 Å². The molecule has 0 fully saturated rings. The van der Waals surface area contributed by atoms with Crippen molar-refractivity contribution in [2.24, 2.45) is 0 Å². The molecule has 0 bridgehead atoms. The normalized spacial score (nSPS) is 17.8. The second kappa shape index (κ2) is 13.5. The summed E-state index contributed by atoms with van der Waals surface area (Å²) in [6, 6.07) is 0. The molecule has 37 heavy (non-hydrogen) atoms. The van der Waals surface area contributed by atoms with Gasteiger partial charge in [-0.25, -0.2) is 0 Å². The number of hydrogen-bond acceptors (Lipinski definition) is 7. The number of rotatable bonds is 16. The van der Waals surface area contributed by atoms with Crippen LogP contribution in [0.15, 0.2) is 0 Å². The summed E-state index contributed by atoms with van der Waals surface area (Å²) in [4.78, 5) is 13.8. The Morgan fingerprint density at radius 3 is 1.19 bits per heavy atom. The van der Waals surface area contributed by atoms with Crippen LogP contribution in [0.3, 0.4) is 0 Å². The summed E-state index contributed by atoms with van der Waals surface area (Å²) in [5, 5.41) is 0. The Kier molecular flexibility index (Phi) is 13.7. The van der Waals surface area contributed by atoms with Crippen molar-refractivity contribution in [1.29, 1.82) is 0 Å². The fourth-order valence-corrected chi connectivity index (χ4v) is 9.11. The van der Waals surface area contributed by atoms with E-state index in [0.29, 0.717) is 6.61 Å². The summed E-state index contributed by atoms with van der Waals surface area (Å²) in [5.74, 6) is -0.355. The van der Waals surface area contributed by atoms with Crippen molar-refractivity contribution in [2.75, 3.05) is 6.61 Å². The van der Waals surface area contributed by atoms with E-state index in [0.717, 1.165) is 0 Å². The largest absolute Gasteiger partial charge is 0.518 e. The van der Waals surface area contributed by atoms with E-state index in [9.17, 15) is 4.79 Å². The fourth-order valence-electron chi connectivity index (χ4n) is 3.44. The monoisotopic (exact) mass is 628 g/mol. The van der Waals surface area contributed by atoms with Crippen LogP contribution in [0, 0.1) is 0 Å². The second-order valence-corrected chi connectivity index (χ2v) is 42.6. The molecule has 0 aromatic heterocycles. The molecule has 0 saturated heterocycles. The molecule has 0 aliphatic heterocycles. The Balaban J connectivity index is 7.03. The minimum atomic E-state index is -2.18. The van der Waals surface area contributed by atoms with Gasteiger partial charge in [-0.3, -0.25) is 4.79 Å². The van der Waals surface area contributed by atoms with Crippen LogP contribution < -0.4 is 0 Å². The highest BCUT2D eigenvalue weighted by atomic mass is 28.4. The van der Waals surface area contributed by atoms with Crippen molar-refractivity contribution >= 4 is 55.9 Å². The molecule has 0 heterocycles. The van der Waals surface area contributed by atoms with E-state index in [1.54, 1.807) is 0 Å². The molecular weight excluding hydrogens is 569 g/mol. The van der Waals surface area contributed by atoms with E-state index in [1.165, 1.54) is 0 Å². The maximum Gasteiger partial charge on any atom is 0.323 e. The van der Waals surface area contributed by atoms with Crippen LogP contribution in [0.4, 0.5) is 0 Å². The van der Waals surface area contributed by atoms with Crippen LogP contribution in [0.5, 0.6) is 0 Å². The van der Waals surface area contributed by atoms with Gasteiger partial charge in [-0.15, -0.1) is 0 Å². The molecule has 0 N–H and O–H groups in total. The molecule has 0 spiro atoms. The molecule has 4 atom stereocenters. The zero-order valence-electron chi connectivity index (χ0n) is 27.4. The van der Waals surface area contributed by atoms with Crippen LogP contribution in [-0.2, 0) is 31.4 Å². The molecule has 222 valence electrons. The Morgan fingerprint density at radius 2 is 0.865 bits per heavy atom. The molecule has 7 nitrogen and oxygen atoms in total. The van der Waals surface area contributed by atoms with E-state index in [4.69, 9.17) is 26.6 Å². The molecular formula is C24H60O7Si6. The van der Waals surface area contributed by atoms with Crippen LogP contribution in [0.2, 0.25) is 118 Å². The maximum absolute atomic E-state index is 13.8. The highest BCUT2D eigenvalue weighted by Crippen LogP contribution is 2.29. The molecule has 0 saturated carbocycles. The molecule has 0 unspecified atom stereocenters. The molecule has 0 aliphatic carbocycles. The van der Waals surface area contributed by atoms with E-state index >= 15 is 0 Å². The number of carbonyl (C=O) groups excluding carboxylic acids is 1. The summed E-state index contributed by atoms with van der Waals surface area (Å²) in [6.45, 7) is 38.6. The lowest BCUT2D eigenvalue weighted by Crippen LogP contribution is -2.61. The van der Waals surface area contributed by atoms with Crippen molar-refractivity contribution in [3.8, 4) is 0 Å². The first-order valence-electron chi connectivity index (χ1n) is 13.6. The van der Waals surface area contributed by atoms with E-state index in [1.807, 2.05) is 19.6 Å². The Morgan fingerprint density at radius 1 is 0.486 bits per heavy atom. The summed E-state index contributed by atoms with van der Waals surface area (Å²) in [7, 11) is -12.5. The van der Waals surface area contributed by atoms with Gasteiger partial charge in [0.25, 0.3) is 0 Å². The van der Waals surface area contributed by atoms with Gasteiger partial charge in [0.05, 0.1) is 12.7 Å². The molecule has 0 aromatic rings. The van der Waals surface area contributed by atoms with Crippen molar-refractivity contribution in [3.05, 3.63) is 0 Å². The van der Waals surface area contributed by atoms with E-state index in [-0.39, 0.29) is 12.1 Å². The van der Waals surface area contributed by atoms with E-state index in [2.05, 4.69) is 98.2 Å². The predicted molar refractivity (Wildman–Crippen MR) is 172 cm³/mol. The Hall–Kier alpha value is 0.571. The smallest absolute Gasteiger partial charge is 0.323 e. The van der Waals surface area contributed by atoms with Gasteiger partial charge in [-0.2, -0.15) is 0 Å². The van der Waals surface area contributed by atoms with Crippen molar-refractivity contribution < 1.29 is 31.4 Å². The van der Waals surface area contributed by atoms with Gasteiger partial charge in [-0.1, -0.05) is 0 Å². The molecule has 0 aliphatic rings. The van der Waals surface area contributed by atoms with Crippen molar-refractivity contribution in [1.82, 2.24) is 0 Å². The van der Waals surface area contributed by atoms with Gasteiger partial charge in [0.1, 0.15) is 12.2 Å². The van der Waals surface area contributed by atoms with Crippen molar-refractivity contribution in [2.45, 2.75) is 142 Å². The topological polar surface area (TPSA) is 72.5 Å². The van der Waals surface area contributed by atoms with Crippen LogP contribution >= 0.6 is 0 Å². The molecule has 0 aromatic carbocycles. The third kappa shape index (κ3) is 19.3. The summed E-state index contributed by atoms with van der Waals surface area (Å²) in [5.41, 5.74) is 0. The van der Waals surface area contributed by atoms with Crippen LogP contribution in [-0.4, -0.2) is 86.9 Å². The molecule has 13 heteroatoms. The van der Waals surface area contributed by atoms with Gasteiger partial charge >= 0.3 is 5.97 Å². The Labute approximate surface area is 235 Å². The third-order valence-electron chi connectivity index (χ3n) is 4.27.